The zero-order valence-corrected chi connectivity index (χ0v) is 8.02. The summed E-state index contributed by atoms with van der Waals surface area (Å²) in [4.78, 5) is 0. The summed E-state index contributed by atoms with van der Waals surface area (Å²) in [6.45, 7) is 8.11. The van der Waals surface area contributed by atoms with Crippen LogP contribution in [0.4, 0.5) is 0 Å². The maximum Gasteiger partial charge on any atom is 0.0270 e. The van der Waals surface area contributed by atoms with Crippen molar-refractivity contribution < 1.29 is 0 Å². The minimum Gasteiger partial charge on any atom is -0.120 e. The molecule has 0 radical (unpaired) electrons. The molecule has 62 valence electrons. The van der Waals surface area contributed by atoms with Gasteiger partial charge in [-0.05, 0) is 13.8 Å². The average molecular weight is 150 g/mol. The van der Waals surface area contributed by atoms with Crippen molar-refractivity contribution >= 4 is 0 Å². The lowest BCUT2D eigenvalue weighted by molar-refractivity contribution is 1.38. The van der Waals surface area contributed by atoms with Gasteiger partial charge >= 0.3 is 0 Å². The van der Waals surface area contributed by atoms with Gasteiger partial charge < -0.3 is 0 Å². The van der Waals surface area contributed by atoms with Crippen molar-refractivity contribution in [3.05, 3.63) is 23.8 Å². The molecule has 0 atom stereocenters. The molecule has 0 aliphatic carbocycles. The smallest absolute Gasteiger partial charge is 0.0270 e. The molecule has 0 rings (SSSR count). The Morgan fingerprint density at radius 1 is 1.36 bits per heavy atom. The van der Waals surface area contributed by atoms with Crippen LogP contribution in [0.25, 0.3) is 0 Å². The molecule has 0 aromatic rings. The lowest BCUT2D eigenvalue weighted by Gasteiger charge is -1.80. The largest absolute Gasteiger partial charge is 0.120 e. The zero-order valence-electron chi connectivity index (χ0n) is 8.02. The third-order valence-corrected chi connectivity index (χ3v) is 0.801. The highest BCUT2D eigenvalue weighted by Crippen LogP contribution is 1.89. The van der Waals surface area contributed by atoms with Crippen molar-refractivity contribution in [1.82, 2.24) is 0 Å². The SMILES string of the molecule is C#CC/C=C\C=C(C)C.CC. The molecule has 0 heteroatoms. The van der Waals surface area contributed by atoms with Gasteiger partial charge in [0, 0.05) is 6.42 Å². The summed E-state index contributed by atoms with van der Waals surface area (Å²) >= 11 is 0. The minimum absolute atomic E-state index is 0.726. The van der Waals surface area contributed by atoms with Crippen LogP contribution in [-0.4, -0.2) is 0 Å². The molecular weight excluding hydrogens is 132 g/mol. The first-order valence-corrected chi connectivity index (χ1v) is 4.01. The fraction of sp³-hybridized carbons (Fsp3) is 0.455. The van der Waals surface area contributed by atoms with Crippen molar-refractivity contribution in [2.45, 2.75) is 34.1 Å². The topological polar surface area (TPSA) is 0 Å². The van der Waals surface area contributed by atoms with Gasteiger partial charge in [0.25, 0.3) is 0 Å². The molecule has 0 saturated heterocycles. The van der Waals surface area contributed by atoms with Crippen molar-refractivity contribution in [2.75, 3.05) is 0 Å². The van der Waals surface area contributed by atoms with Gasteiger partial charge in [-0.25, -0.2) is 0 Å². The first kappa shape index (κ1) is 12.7. The fourth-order valence-corrected chi connectivity index (χ4v) is 0.397. The van der Waals surface area contributed by atoms with E-state index in [0.717, 1.165) is 6.42 Å². The van der Waals surface area contributed by atoms with E-state index in [1.807, 2.05) is 32.1 Å². The van der Waals surface area contributed by atoms with Crippen LogP contribution in [0.3, 0.4) is 0 Å². The first-order valence-electron chi connectivity index (χ1n) is 4.01. The van der Waals surface area contributed by atoms with E-state index in [9.17, 15) is 0 Å². The highest BCUT2D eigenvalue weighted by atomic mass is 13.8. The molecule has 0 amide bonds. The number of hydrogen-bond acceptors (Lipinski definition) is 0. The molecule has 0 N–H and O–H groups in total. The van der Waals surface area contributed by atoms with Gasteiger partial charge in [0.05, 0.1) is 0 Å². The van der Waals surface area contributed by atoms with Gasteiger partial charge in [0.15, 0.2) is 0 Å². The lowest BCUT2D eigenvalue weighted by Crippen LogP contribution is -1.59. The summed E-state index contributed by atoms with van der Waals surface area (Å²) in [6, 6.07) is 0. The van der Waals surface area contributed by atoms with E-state index in [1.54, 1.807) is 0 Å². The summed E-state index contributed by atoms with van der Waals surface area (Å²) in [7, 11) is 0. The van der Waals surface area contributed by atoms with Gasteiger partial charge in [0.1, 0.15) is 0 Å². The van der Waals surface area contributed by atoms with Crippen molar-refractivity contribution in [1.29, 1.82) is 0 Å². The van der Waals surface area contributed by atoms with Crippen LogP contribution < -0.4 is 0 Å². The van der Waals surface area contributed by atoms with Crippen LogP contribution in [0.1, 0.15) is 34.1 Å². The standard InChI is InChI=1S/C9H12.C2H6/c1-4-5-6-7-8-9(2)3;1-2/h1,6-8H,5H2,2-3H3;1-2H3/b7-6-;. The van der Waals surface area contributed by atoms with Gasteiger partial charge in [-0.15, -0.1) is 12.3 Å². The monoisotopic (exact) mass is 150 g/mol. The van der Waals surface area contributed by atoms with Crippen LogP contribution in [0, 0.1) is 12.3 Å². The van der Waals surface area contributed by atoms with E-state index in [2.05, 4.69) is 19.8 Å². The second-order valence-corrected chi connectivity index (χ2v) is 2.08. The average Bonchev–Trinajstić information content (AvgIpc) is 2.02. The molecule has 0 aliphatic heterocycles. The van der Waals surface area contributed by atoms with Crippen molar-refractivity contribution in [3.8, 4) is 12.3 Å². The Kier molecular flexibility index (Phi) is 13.6. The Balaban J connectivity index is 0. The summed E-state index contributed by atoms with van der Waals surface area (Å²) in [5, 5.41) is 0. The third kappa shape index (κ3) is 17.6. The van der Waals surface area contributed by atoms with E-state index in [1.165, 1.54) is 5.57 Å². The molecule has 0 heterocycles. The highest BCUT2D eigenvalue weighted by Gasteiger charge is 1.69. The van der Waals surface area contributed by atoms with Gasteiger partial charge in [-0.1, -0.05) is 37.6 Å². The van der Waals surface area contributed by atoms with Crippen LogP contribution in [-0.2, 0) is 0 Å². The molecule has 0 spiro atoms. The number of terminal acetylenes is 1. The number of rotatable bonds is 2. The quantitative estimate of drug-likeness (QED) is 0.417. The Morgan fingerprint density at radius 3 is 2.27 bits per heavy atom. The molecule has 0 bridgehead atoms. The summed E-state index contributed by atoms with van der Waals surface area (Å²) in [6.07, 6.45) is 11.7. The zero-order chi connectivity index (χ0) is 9.11. The normalized spacial score (nSPS) is 7.91. The number of allylic oxidation sites excluding steroid dienone is 4. The Morgan fingerprint density at radius 2 is 1.91 bits per heavy atom. The molecule has 0 aliphatic rings. The second-order valence-electron chi connectivity index (χ2n) is 2.08. The fourth-order valence-electron chi connectivity index (χ4n) is 0.397. The van der Waals surface area contributed by atoms with E-state index < -0.39 is 0 Å². The van der Waals surface area contributed by atoms with Gasteiger partial charge in [-0.3, -0.25) is 0 Å². The van der Waals surface area contributed by atoms with Crippen molar-refractivity contribution in [2.24, 2.45) is 0 Å². The van der Waals surface area contributed by atoms with Crippen LogP contribution in [0.2, 0.25) is 0 Å². The Labute approximate surface area is 71.0 Å². The number of hydrogen-bond donors (Lipinski definition) is 0. The molecule has 0 saturated carbocycles. The molecule has 0 unspecified atom stereocenters. The van der Waals surface area contributed by atoms with Crippen LogP contribution >= 0.6 is 0 Å². The summed E-state index contributed by atoms with van der Waals surface area (Å²) < 4.78 is 0. The van der Waals surface area contributed by atoms with E-state index in [-0.39, 0.29) is 0 Å². The summed E-state index contributed by atoms with van der Waals surface area (Å²) in [5.41, 5.74) is 1.29. The van der Waals surface area contributed by atoms with Crippen molar-refractivity contribution in [3.63, 3.8) is 0 Å². The van der Waals surface area contributed by atoms with E-state index in [0.29, 0.717) is 0 Å². The van der Waals surface area contributed by atoms with Gasteiger partial charge in [0.2, 0.25) is 0 Å². The van der Waals surface area contributed by atoms with E-state index >= 15 is 0 Å². The molecule has 0 fully saturated rings. The predicted octanol–water partition coefficient (Wildman–Crippen LogP) is 3.56. The molecule has 0 aromatic carbocycles. The molecule has 11 heavy (non-hydrogen) atoms. The Hall–Kier alpha value is -0.960. The highest BCUT2D eigenvalue weighted by molar-refractivity contribution is 5.10. The van der Waals surface area contributed by atoms with Crippen LogP contribution in [0.5, 0.6) is 0 Å². The first-order chi connectivity index (χ1) is 5.27. The van der Waals surface area contributed by atoms with E-state index in [4.69, 9.17) is 6.42 Å². The lowest BCUT2D eigenvalue weighted by atomic mass is 10.3. The summed E-state index contributed by atoms with van der Waals surface area (Å²) in [5.74, 6) is 2.53. The maximum atomic E-state index is 5.02. The van der Waals surface area contributed by atoms with Gasteiger partial charge in [-0.2, -0.15) is 0 Å². The third-order valence-electron chi connectivity index (χ3n) is 0.801. The second kappa shape index (κ2) is 11.8. The van der Waals surface area contributed by atoms with Crippen LogP contribution in [0.15, 0.2) is 23.8 Å². The Bertz CT molecular complexity index is 149. The molecule has 0 nitrogen and oxygen atoms in total. The molecular formula is C11H18. The minimum atomic E-state index is 0.726. The predicted molar refractivity (Wildman–Crippen MR) is 53.4 cm³/mol. The maximum absolute atomic E-state index is 5.02. The molecule has 0 aromatic heterocycles.